The summed E-state index contributed by atoms with van der Waals surface area (Å²) in [6.07, 6.45) is 1.33. The van der Waals surface area contributed by atoms with E-state index in [1.165, 1.54) is 11.8 Å². The lowest BCUT2D eigenvalue weighted by atomic mass is 10.1. The molecule has 3 aromatic rings. The van der Waals surface area contributed by atoms with Gasteiger partial charge in [-0.1, -0.05) is 23.8 Å². The van der Waals surface area contributed by atoms with Crippen molar-refractivity contribution in [1.29, 1.82) is 0 Å². The summed E-state index contributed by atoms with van der Waals surface area (Å²) in [6.45, 7) is 5.92. The predicted octanol–water partition coefficient (Wildman–Crippen LogP) is 4.60. The molecule has 0 bridgehead atoms. The number of carbonyl (C=O) groups excluding carboxylic acids is 1. The third-order valence-corrected chi connectivity index (χ3v) is 6.43. The zero-order valence-electron chi connectivity index (χ0n) is 17.2. The first-order valence-corrected chi connectivity index (χ1v) is 11.2. The molecule has 1 aromatic heterocycles. The smallest absolute Gasteiger partial charge is 0.225 e. The first kappa shape index (κ1) is 21.5. The lowest BCUT2D eigenvalue weighted by Gasteiger charge is -2.09. The van der Waals surface area contributed by atoms with Crippen molar-refractivity contribution >= 4 is 21.4 Å². The molecule has 1 amide bonds. The van der Waals surface area contributed by atoms with Crippen molar-refractivity contribution in [2.75, 3.05) is 11.1 Å². The number of aryl methyl sites for hydroxylation is 3. The van der Waals surface area contributed by atoms with Gasteiger partial charge in [0.25, 0.3) is 0 Å². The Bertz CT molecular complexity index is 1140. The van der Waals surface area contributed by atoms with Gasteiger partial charge >= 0.3 is 0 Å². The first-order chi connectivity index (χ1) is 14.2. The van der Waals surface area contributed by atoms with E-state index in [9.17, 15) is 13.2 Å². The van der Waals surface area contributed by atoms with Crippen LogP contribution in [0.5, 0.6) is 11.6 Å². The second-order valence-electron chi connectivity index (χ2n) is 7.16. The van der Waals surface area contributed by atoms with Crippen molar-refractivity contribution in [3.8, 4) is 11.6 Å². The van der Waals surface area contributed by atoms with Crippen LogP contribution in [0.4, 0.5) is 5.69 Å². The van der Waals surface area contributed by atoms with Crippen LogP contribution in [0.2, 0.25) is 0 Å². The van der Waals surface area contributed by atoms with Crippen LogP contribution in [-0.4, -0.2) is 25.1 Å². The average Bonchev–Trinajstić information content (AvgIpc) is 2.71. The quantitative estimate of drug-likeness (QED) is 0.599. The summed E-state index contributed by atoms with van der Waals surface area (Å²) in [5.41, 5.74) is 3.75. The highest BCUT2D eigenvalue weighted by Gasteiger charge is 2.16. The summed E-state index contributed by atoms with van der Waals surface area (Å²) in [6, 6.07) is 15.7. The molecule has 0 aliphatic heterocycles. The van der Waals surface area contributed by atoms with Crippen LogP contribution in [0.1, 0.15) is 23.1 Å². The number of nitrogens with zero attached hydrogens (tertiary/aromatic N) is 1. The van der Waals surface area contributed by atoms with Crippen molar-refractivity contribution < 1.29 is 17.9 Å². The highest BCUT2D eigenvalue weighted by Crippen LogP contribution is 2.23. The largest absolute Gasteiger partial charge is 0.439 e. The summed E-state index contributed by atoms with van der Waals surface area (Å²) >= 11 is 0. The topological polar surface area (TPSA) is 85.4 Å². The monoisotopic (exact) mass is 424 g/mol. The first-order valence-electron chi connectivity index (χ1n) is 9.53. The number of ether oxygens (including phenoxy) is 1. The fourth-order valence-electron chi connectivity index (χ4n) is 2.73. The number of pyridine rings is 1. The van der Waals surface area contributed by atoms with E-state index in [4.69, 9.17) is 4.74 Å². The summed E-state index contributed by atoms with van der Waals surface area (Å²) < 4.78 is 30.4. The molecule has 1 heterocycles. The Kier molecular flexibility index (Phi) is 6.52. The van der Waals surface area contributed by atoms with Gasteiger partial charge in [0.2, 0.25) is 11.8 Å². The van der Waals surface area contributed by atoms with E-state index < -0.39 is 15.7 Å². The van der Waals surface area contributed by atoms with Gasteiger partial charge in [0.1, 0.15) is 5.75 Å². The lowest BCUT2D eigenvalue weighted by Crippen LogP contribution is -2.17. The van der Waals surface area contributed by atoms with Crippen LogP contribution in [0.15, 0.2) is 65.7 Å². The molecule has 3 rings (SSSR count). The molecule has 0 unspecified atom stereocenters. The van der Waals surface area contributed by atoms with Crippen LogP contribution in [-0.2, 0) is 14.6 Å². The van der Waals surface area contributed by atoms with Crippen molar-refractivity contribution in [2.45, 2.75) is 32.1 Å². The van der Waals surface area contributed by atoms with E-state index in [2.05, 4.69) is 10.3 Å². The van der Waals surface area contributed by atoms with Gasteiger partial charge in [-0.15, -0.1) is 0 Å². The minimum atomic E-state index is -3.51. The number of sulfone groups is 1. The zero-order valence-corrected chi connectivity index (χ0v) is 18.0. The predicted molar refractivity (Wildman–Crippen MR) is 117 cm³/mol. The van der Waals surface area contributed by atoms with Gasteiger partial charge in [-0.2, -0.15) is 0 Å². The van der Waals surface area contributed by atoms with Crippen molar-refractivity contribution in [3.05, 3.63) is 77.5 Å². The fourth-order valence-corrected chi connectivity index (χ4v) is 3.97. The highest BCUT2D eigenvalue weighted by atomic mass is 32.2. The number of rotatable bonds is 7. The summed E-state index contributed by atoms with van der Waals surface area (Å²) in [5, 5.41) is 2.66. The van der Waals surface area contributed by atoms with Crippen molar-refractivity contribution in [3.63, 3.8) is 0 Å². The Balaban J connectivity index is 1.55. The van der Waals surface area contributed by atoms with Gasteiger partial charge in [0, 0.05) is 12.5 Å². The minimum Gasteiger partial charge on any atom is -0.439 e. The van der Waals surface area contributed by atoms with Gasteiger partial charge in [-0.25, -0.2) is 13.4 Å². The Morgan fingerprint density at radius 1 is 0.967 bits per heavy atom. The molecule has 0 spiro atoms. The van der Waals surface area contributed by atoms with E-state index in [0.717, 1.165) is 11.1 Å². The molecule has 6 nitrogen and oxygen atoms in total. The molecule has 0 radical (unpaired) electrons. The number of hydrogen-bond acceptors (Lipinski definition) is 5. The SMILES string of the molecule is Cc1ccc(S(=O)(=O)CCC(=O)Nc2ccc(Oc3ccc(C)c(C)c3)nc2)cc1. The van der Waals surface area contributed by atoms with E-state index >= 15 is 0 Å². The van der Waals surface area contributed by atoms with Crippen molar-refractivity contribution in [1.82, 2.24) is 4.98 Å². The van der Waals surface area contributed by atoms with Gasteiger partial charge in [-0.05, 0) is 62.2 Å². The Hall–Kier alpha value is -3.19. The lowest BCUT2D eigenvalue weighted by molar-refractivity contribution is -0.115. The Labute approximate surface area is 176 Å². The molecule has 0 aliphatic rings. The van der Waals surface area contributed by atoms with Crippen LogP contribution in [0.25, 0.3) is 0 Å². The highest BCUT2D eigenvalue weighted by molar-refractivity contribution is 7.91. The molecule has 0 fully saturated rings. The standard InChI is InChI=1S/C23H24N2O4S/c1-16-4-9-21(10-5-16)30(27,28)13-12-22(26)25-19-7-11-23(24-15-19)29-20-8-6-17(2)18(3)14-20/h4-11,14-15H,12-13H2,1-3H3,(H,25,26). The third kappa shape index (κ3) is 5.67. The fraction of sp³-hybridized carbons (Fsp3) is 0.217. The number of hydrogen-bond donors (Lipinski definition) is 1. The number of nitrogens with one attached hydrogen (secondary N) is 1. The van der Waals surface area contributed by atoms with E-state index in [0.29, 0.717) is 17.3 Å². The van der Waals surface area contributed by atoms with Gasteiger partial charge in [0.15, 0.2) is 9.84 Å². The van der Waals surface area contributed by atoms with Crippen LogP contribution < -0.4 is 10.1 Å². The molecule has 7 heteroatoms. The summed E-state index contributed by atoms with van der Waals surface area (Å²) in [4.78, 5) is 16.6. The third-order valence-electron chi connectivity index (χ3n) is 4.70. The average molecular weight is 425 g/mol. The molecule has 0 aliphatic carbocycles. The molecule has 0 atom stereocenters. The molecule has 1 N–H and O–H groups in total. The Morgan fingerprint density at radius 2 is 1.70 bits per heavy atom. The number of anilines is 1. The van der Waals surface area contributed by atoms with Crippen LogP contribution in [0.3, 0.4) is 0 Å². The molecular weight excluding hydrogens is 400 g/mol. The number of benzene rings is 2. The maximum atomic E-state index is 12.4. The van der Waals surface area contributed by atoms with Crippen LogP contribution in [0, 0.1) is 20.8 Å². The van der Waals surface area contributed by atoms with Gasteiger partial charge in [-0.3, -0.25) is 4.79 Å². The zero-order chi connectivity index (χ0) is 21.7. The number of amides is 1. The van der Waals surface area contributed by atoms with E-state index in [1.54, 1.807) is 36.4 Å². The number of carbonyl (C=O) groups is 1. The number of aromatic nitrogens is 1. The van der Waals surface area contributed by atoms with Gasteiger partial charge < -0.3 is 10.1 Å². The molecular formula is C23H24N2O4S. The summed E-state index contributed by atoms with van der Waals surface area (Å²) in [5.74, 6) is 0.431. The second kappa shape index (κ2) is 9.09. The van der Waals surface area contributed by atoms with Gasteiger partial charge in [0.05, 0.1) is 22.5 Å². The minimum absolute atomic E-state index is 0.142. The molecule has 2 aromatic carbocycles. The molecule has 156 valence electrons. The normalized spacial score (nSPS) is 11.2. The van der Waals surface area contributed by atoms with Crippen LogP contribution >= 0.6 is 0 Å². The second-order valence-corrected chi connectivity index (χ2v) is 9.27. The molecule has 0 saturated heterocycles. The van der Waals surface area contributed by atoms with Crippen molar-refractivity contribution in [2.24, 2.45) is 0 Å². The molecule has 0 saturated carbocycles. The van der Waals surface area contributed by atoms with E-state index in [-0.39, 0.29) is 17.1 Å². The maximum Gasteiger partial charge on any atom is 0.225 e. The molecule has 30 heavy (non-hydrogen) atoms. The van der Waals surface area contributed by atoms with E-state index in [1.807, 2.05) is 39.0 Å². The maximum absolute atomic E-state index is 12.4. The summed E-state index contributed by atoms with van der Waals surface area (Å²) in [7, 11) is -3.51. The Morgan fingerprint density at radius 3 is 2.33 bits per heavy atom.